The molecule has 0 aliphatic heterocycles. The fourth-order valence-corrected chi connectivity index (χ4v) is 2.80. The van der Waals surface area contributed by atoms with Gasteiger partial charge in [-0.3, -0.25) is 10.1 Å². The molecule has 0 aliphatic rings. The van der Waals surface area contributed by atoms with Gasteiger partial charge in [-0.1, -0.05) is 30.3 Å². The van der Waals surface area contributed by atoms with Crippen LogP contribution in [-0.2, 0) is 4.79 Å². The molecule has 0 aliphatic carbocycles. The predicted molar refractivity (Wildman–Crippen MR) is 97.9 cm³/mol. The molecule has 0 unspecified atom stereocenters. The maximum absolute atomic E-state index is 12.1. The van der Waals surface area contributed by atoms with Crippen molar-refractivity contribution >= 4 is 33.6 Å². The van der Waals surface area contributed by atoms with Crippen LogP contribution in [0, 0.1) is 10.1 Å². The van der Waals surface area contributed by atoms with Crippen LogP contribution in [0.4, 0.5) is 5.69 Å². The van der Waals surface area contributed by atoms with Gasteiger partial charge in [-0.2, -0.15) is 0 Å². The molecular formula is C20H13NO6. The molecule has 0 amide bonds. The topological polar surface area (TPSA) is 91.8 Å². The third-order valence-electron chi connectivity index (χ3n) is 3.99. The van der Waals surface area contributed by atoms with Crippen molar-refractivity contribution in [2.75, 3.05) is 6.61 Å². The smallest absolute Gasteiger partial charge is 0.349 e. The summed E-state index contributed by atoms with van der Waals surface area (Å²) in [6.45, 7) is -0.449. The number of fused-ring (bicyclic) bond motifs is 3. The van der Waals surface area contributed by atoms with Gasteiger partial charge in [0.25, 0.3) is 0 Å². The van der Waals surface area contributed by atoms with E-state index in [9.17, 15) is 14.9 Å². The molecule has 0 saturated heterocycles. The molecule has 0 bridgehead atoms. The van der Waals surface area contributed by atoms with Crippen molar-refractivity contribution in [1.29, 1.82) is 0 Å². The first-order chi connectivity index (χ1) is 13.1. The third-order valence-corrected chi connectivity index (χ3v) is 3.99. The first-order valence-corrected chi connectivity index (χ1v) is 8.10. The first kappa shape index (κ1) is 16.6. The van der Waals surface area contributed by atoms with E-state index in [2.05, 4.69) is 0 Å². The van der Waals surface area contributed by atoms with E-state index in [-0.39, 0.29) is 11.4 Å². The van der Waals surface area contributed by atoms with Crippen molar-refractivity contribution in [2.45, 2.75) is 0 Å². The van der Waals surface area contributed by atoms with Crippen LogP contribution in [0.5, 0.6) is 11.5 Å². The monoisotopic (exact) mass is 363 g/mol. The number of carbonyl (C=O) groups excluding carboxylic acids is 1. The van der Waals surface area contributed by atoms with Gasteiger partial charge in [0, 0.05) is 16.8 Å². The Labute approximate surface area is 152 Å². The van der Waals surface area contributed by atoms with Crippen LogP contribution < -0.4 is 9.47 Å². The molecule has 1 heterocycles. The molecule has 27 heavy (non-hydrogen) atoms. The summed E-state index contributed by atoms with van der Waals surface area (Å²) in [5.74, 6) is -0.318. The number of hydrogen-bond acceptors (Lipinski definition) is 6. The summed E-state index contributed by atoms with van der Waals surface area (Å²) in [5, 5.41) is 12.7. The number of carbonyl (C=O) groups is 1. The number of nitro groups is 1. The molecule has 3 aromatic carbocycles. The zero-order chi connectivity index (χ0) is 18.8. The lowest BCUT2D eigenvalue weighted by atomic mass is 10.1. The fraction of sp³-hybridized carbons (Fsp3) is 0.0500. The Morgan fingerprint density at radius 1 is 0.963 bits per heavy atom. The number of rotatable bonds is 5. The molecule has 134 valence electrons. The number of esters is 1. The fourth-order valence-electron chi connectivity index (χ4n) is 2.80. The number of ether oxygens (including phenoxy) is 2. The number of nitrogens with zero attached hydrogens (tertiary/aromatic N) is 1. The molecule has 0 atom stereocenters. The Morgan fingerprint density at radius 2 is 1.70 bits per heavy atom. The van der Waals surface area contributed by atoms with Gasteiger partial charge in [0.2, 0.25) is 0 Å². The Hall–Kier alpha value is -3.87. The Balaban J connectivity index is 1.50. The second-order valence-corrected chi connectivity index (χ2v) is 5.74. The first-order valence-electron chi connectivity index (χ1n) is 8.10. The van der Waals surface area contributed by atoms with Gasteiger partial charge < -0.3 is 13.9 Å². The van der Waals surface area contributed by atoms with E-state index in [1.807, 2.05) is 24.3 Å². The minimum absolute atomic E-state index is 0.00994. The molecule has 0 N–H and O–H groups in total. The zero-order valence-corrected chi connectivity index (χ0v) is 14.0. The van der Waals surface area contributed by atoms with Gasteiger partial charge in [0.15, 0.2) is 12.4 Å². The van der Waals surface area contributed by atoms with Gasteiger partial charge in [-0.05, 0) is 30.3 Å². The highest BCUT2D eigenvalue weighted by Gasteiger charge is 2.16. The highest BCUT2D eigenvalue weighted by Crippen LogP contribution is 2.31. The quantitative estimate of drug-likeness (QED) is 0.225. The minimum Gasteiger partial charge on any atom is -0.475 e. The molecule has 0 saturated carbocycles. The largest absolute Gasteiger partial charge is 0.475 e. The number of benzene rings is 3. The molecule has 7 heteroatoms. The van der Waals surface area contributed by atoms with E-state index >= 15 is 0 Å². The van der Waals surface area contributed by atoms with E-state index in [0.29, 0.717) is 11.3 Å². The average Bonchev–Trinajstić information content (AvgIpc) is 3.04. The highest BCUT2D eigenvalue weighted by atomic mass is 16.6. The molecule has 0 fully saturated rings. The van der Waals surface area contributed by atoms with Crippen molar-refractivity contribution in [3.8, 4) is 11.5 Å². The van der Waals surface area contributed by atoms with E-state index in [0.717, 1.165) is 16.4 Å². The number of furan rings is 1. The van der Waals surface area contributed by atoms with Crippen molar-refractivity contribution in [3.63, 3.8) is 0 Å². The standard InChI is InChI=1S/C20H13NO6/c22-20(12-25-19-8-4-2-6-16(19)21(23)24)26-13-9-10-18-15(11-13)14-5-1-3-7-17(14)27-18/h1-11H,12H2. The van der Waals surface area contributed by atoms with Crippen LogP contribution in [-0.4, -0.2) is 17.5 Å². The van der Waals surface area contributed by atoms with E-state index in [4.69, 9.17) is 13.9 Å². The summed E-state index contributed by atoms with van der Waals surface area (Å²) in [6.07, 6.45) is 0. The van der Waals surface area contributed by atoms with Gasteiger partial charge in [-0.15, -0.1) is 0 Å². The van der Waals surface area contributed by atoms with Crippen molar-refractivity contribution < 1.29 is 23.6 Å². The maximum atomic E-state index is 12.1. The van der Waals surface area contributed by atoms with Crippen molar-refractivity contribution in [2.24, 2.45) is 0 Å². The molecule has 4 aromatic rings. The van der Waals surface area contributed by atoms with Crippen LogP contribution >= 0.6 is 0 Å². The normalized spacial score (nSPS) is 10.8. The van der Waals surface area contributed by atoms with Crippen LogP contribution in [0.3, 0.4) is 0 Å². The summed E-state index contributed by atoms with van der Waals surface area (Å²) < 4.78 is 16.3. The lowest BCUT2D eigenvalue weighted by molar-refractivity contribution is -0.385. The van der Waals surface area contributed by atoms with Crippen LogP contribution in [0.2, 0.25) is 0 Å². The second kappa shape index (κ2) is 6.80. The number of hydrogen-bond donors (Lipinski definition) is 0. The number of nitro benzene ring substituents is 1. The van der Waals surface area contributed by atoms with Crippen LogP contribution in [0.25, 0.3) is 21.9 Å². The number of para-hydroxylation sites is 3. The zero-order valence-electron chi connectivity index (χ0n) is 14.0. The van der Waals surface area contributed by atoms with Gasteiger partial charge in [0.05, 0.1) is 4.92 Å². The van der Waals surface area contributed by atoms with Crippen LogP contribution in [0.1, 0.15) is 0 Å². The Kier molecular flexibility index (Phi) is 4.18. The molecular weight excluding hydrogens is 350 g/mol. The van der Waals surface area contributed by atoms with E-state index < -0.39 is 17.5 Å². The molecule has 1 aromatic heterocycles. The Morgan fingerprint density at radius 3 is 2.56 bits per heavy atom. The second-order valence-electron chi connectivity index (χ2n) is 5.74. The summed E-state index contributed by atoms with van der Waals surface area (Å²) in [5.41, 5.74) is 1.22. The summed E-state index contributed by atoms with van der Waals surface area (Å²) in [6, 6.07) is 18.5. The third kappa shape index (κ3) is 3.30. The summed E-state index contributed by atoms with van der Waals surface area (Å²) in [7, 11) is 0. The van der Waals surface area contributed by atoms with Gasteiger partial charge >= 0.3 is 11.7 Å². The molecule has 0 spiro atoms. The minimum atomic E-state index is -0.666. The molecule has 4 rings (SSSR count). The van der Waals surface area contributed by atoms with E-state index in [1.165, 1.54) is 18.2 Å². The molecule has 0 radical (unpaired) electrons. The summed E-state index contributed by atoms with van der Waals surface area (Å²) >= 11 is 0. The van der Waals surface area contributed by atoms with Crippen molar-refractivity contribution in [1.82, 2.24) is 0 Å². The van der Waals surface area contributed by atoms with Gasteiger partial charge in [-0.25, -0.2) is 4.79 Å². The highest BCUT2D eigenvalue weighted by molar-refractivity contribution is 6.05. The summed E-state index contributed by atoms with van der Waals surface area (Å²) in [4.78, 5) is 22.5. The SMILES string of the molecule is O=C(COc1ccccc1[N+](=O)[O-])Oc1ccc2oc3ccccc3c2c1. The van der Waals surface area contributed by atoms with Crippen molar-refractivity contribution in [3.05, 3.63) is 76.8 Å². The predicted octanol–water partition coefficient (Wildman–Crippen LogP) is 4.48. The molecule has 7 nitrogen and oxygen atoms in total. The van der Waals surface area contributed by atoms with E-state index in [1.54, 1.807) is 24.3 Å². The lowest BCUT2D eigenvalue weighted by Gasteiger charge is -2.07. The van der Waals surface area contributed by atoms with Gasteiger partial charge in [0.1, 0.15) is 16.9 Å². The average molecular weight is 363 g/mol. The lowest BCUT2D eigenvalue weighted by Crippen LogP contribution is -2.18. The van der Waals surface area contributed by atoms with Crippen LogP contribution in [0.15, 0.2) is 71.1 Å². The maximum Gasteiger partial charge on any atom is 0.349 e. The Bertz CT molecular complexity index is 1160.